The third-order valence-electron chi connectivity index (χ3n) is 2.13. The second-order valence-electron chi connectivity index (χ2n) is 3.14. The highest BCUT2D eigenvalue weighted by molar-refractivity contribution is 5.75. The molecule has 1 atom stereocenters. The van der Waals surface area contributed by atoms with Crippen molar-refractivity contribution in [2.75, 3.05) is 0 Å². The minimum absolute atomic E-state index is 0.278. The monoisotopic (exact) mass is 219 g/mol. The molecule has 2 aromatic rings. The van der Waals surface area contributed by atoms with Crippen LogP contribution in [0.2, 0.25) is 0 Å². The van der Waals surface area contributed by atoms with Crippen LogP contribution in [-0.2, 0) is 4.79 Å². The summed E-state index contributed by atoms with van der Waals surface area (Å²) in [5.74, 6) is -1.30. The predicted molar refractivity (Wildman–Crippen MR) is 54.0 cm³/mol. The van der Waals surface area contributed by atoms with Crippen molar-refractivity contribution in [2.24, 2.45) is 0 Å². The molecule has 2 rings (SSSR count). The lowest BCUT2D eigenvalue weighted by atomic mass is 10.1. The lowest BCUT2D eigenvalue weighted by Crippen LogP contribution is -2.13. The Hall–Kier alpha value is -2.21. The Kier molecular flexibility index (Phi) is 2.65. The van der Waals surface area contributed by atoms with Gasteiger partial charge in [0.1, 0.15) is 12.7 Å². The summed E-state index contributed by atoms with van der Waals surface area (Å²) in [5, 5.41) is 22.2. The lowest BCUT2D eigenvalue weighted by molar-refractivity contribution is -0.146. The van der Waals surface area contributed by atoms with Crippen LogP contribution in [0.1, 0.15) is 11.7 Å². The zero-order valence-corrected chi connectivity index (χ0v) is 8.19. The Morgan fingerprint density at radius 2 is 2.12 bits per heavy atom. The Balaban J connectivity index is 2.50. The van der Waals surface area contributed by atoms with Gasteiger partial charge in [-0.3, -0.25) is 0 Å². The van der Waals surface area contributed by atoms with Crippen molar-refractivity contribution < 1.29 is 15.0 Å². The average Bonchev–Trinajstić information content (AvgIpc) is 2.81. The maximum Gasteiger partial charge on any atom is 0.337 e. The van der Waals surface area contributed by atoms with Crippen molar-refractivity contribution in [1.82, 2.24) is 14.8 Å². The van der Waals surface area contributed by atoms with Crippen LogP contribution >= 0.6 is 0 Å². The van der Waals surface area contributed by atoms with Gasteiger partial charge >= 0.3 is 5.97 Å². The number of rotatable bonds is 3. The van der Waals surface area contributed by atoms with Crippen LogP contribution in [0.25, 0.3) is 5.69 Å². The average molecular weight is 219 g/mol. The molecule has 0 radical (unpaired) electrons. The molecule has 0 fully saturated rings. The van der Waals surface area contributed by atoms with E-state index in [1.54, 1.807) is 18.2 Å². The summed E-state index contributed by atoms with van der Waals surface area (Å²) >= 11 is 0. The van der Waals surface area contributed by atoms with E-state index in [4.69, 9.17) is 5.11 Å². The fourth-order valence-corrected chi connectivity index (χ4v) is 1.39. The minimum Gasteiger partial charge on any atom is -0.479 e. The second kappa shape index (κ2) is 4.11. The van der Waals surface area contributed by atoms with E-state index in [0.717, 1.165) is 0 Å². The number of aromatic nitrogens is 3. The molecule has 2 N–H and O–H groups in total. The first kappa shape index (κ1) is 10.3. The molecule has 1 heterocycles. The van der Waals surface area contributed by atoms with Gasteiger partial charge in [0.25, 0.3) is 0 Å². The Morgan fingerprint density at radius 1 is 1.38 bits per heavy atom. The molecular weight excluding hydrogens is 210 g/mol. The van der Waals surface area contributed by atoms with Crippen molar-refractivity contribution in [2.45, 2.75) is 6.10 Å². The number of hydrogen-bond acceptors (Lipinski definition) is 4. The van der Waals surface area contributed by atoms with E-state index in [0.29, 0.717) is 5.69 Å². The largest absolute Gasteiger partial charge is 0.479 e. The SMILES string of the molecule is O=C(O)C(O)c1ccccc1-n1cncn1. The fraction of sp³-hybridized carbons (Fsp3) is 0.100. The first-order valence-corrected chi connectivity index (χ1v) is 4.55. The first-order chi connectivity index (χ1) is 7.70. The minimum atomic E-state index is -1.57. The summed E-state index contributed by atoms with van der Waals surface area (Å²) < 4.78 is 1.40. The summed E-state index contributed by atoms with van der Waals surface area (Å²) in [6.07, 6.45) is 1.21. The lowest BCUT2D eigenvalue weighted by Gasteiger charge is -2.11. The van der Waals surface area contributed by atoms with Gasteiger partial charge in [0.05, 0.1) is 5.69 Å². The Morgan fingerprint density at radius 3 is 2.75 bits per heavy atom. The number of aliphatic hydroxyl groups excluding tert-OH is 1. The van der Waals surface area contributed by atoms with Gasteiger partial charge in [-0.1, -0.05) is 18.2 Å². The van der Waals surface area contributed by atoms with Gasteiger partial charge in [0.2, 0.25) is 0 Å². The van der Waals surface area contributed by atoms with Gasteiger partial charge in [0, 0.05) is 5.56 Å². The highest BCUT2D eigenvalue weighted by Crippen LogP contribution is 2.20. The maximum absolute atomic E-state index is 10.7. The van der Waals surface area contributed by atoms with Crippen molar-refractivity contribution >= 4 is 5.97 Å². The van der Waals surface area contributed by atoms with Crippen LogP contribution in [0.3, 0.4) is 0 Å². The van der Waals surface area contributed by atoms with E-state index in [1.807, 2.05) is 0 Å². The molecule has 0 amide bonds. The number of aliphatic hydroxyl groups is 1. The number of hydrogen-bond donors (Lipinski definition) is 2. The van der Waals surface area contributed by atoms with Gasteiger partial charge < -0.3 is 10.2 Å². The van der Waals surface area contributed by atoms with E-state index in [9.17, 15) is 9.90 Å². The summed E-state index contributed by atoms with van der Waals surface area (Å²) in [7, 11) is 0. The third-order valence-corrected chi connectivity index (χ3v) is 2.13. The quantitative estimate of drug-likeness (QED) is 0.779. The van der Waals surface area contributed by atoms with Gasteiger partial charge in [-0.25, -0.2) is 14.5 Å². The number of benzene rings is 1. The van der Waals surface area contributed by atoms with Gasteiger partial charge in [0.15, 0.2) is 6.10 Å². The standard InChI is InChI=1S/C10H9N3O3/c14-9(10(15)16)7-3-1-2-4-8(7)13-6-11-5-12-13/h1-6,9,14H,(H,15,16). The van der Waals surface area contributed by atoms with Gasteiger partial charge in [-0.05, 0) is 6.07 Å². The number of aliphatic carboxylic acids is 1. The molecule has 0 spiro atoms. The second-order valence-corrected chi connectivity index (χ2v) is 3.14. The molecule has 1 aromatic carbocycles. The van der Waals surface area contributed by atoms with Crippen molar-refractivity contribution in [3.05, 3.63) is 42.5 Å². The summed E-state index contributed by atoms with van der Waals surface area (Å²) in [5.41, 5.74) is 0.774. The summed E-state index contributed by atoms with van der Waals surface area (Å²) in [4.78, 5) is 14.5. The molecule has 1 unspecified atom stereocenters. The molecular formula is C10H9N3O3. The molecule has 16 heavy (non-hydrogen) atoms. The smallest absolute Gasteiger partial charge is 0.337 e. The molecule has 0 aliphatic rings. The van der Waals surface area contributed by atoms with Crippen LogP contribution in [-0.4, -0.2) is 30.9 Å². The number of carboxylic acids is 1. The topological polar surface area (TPSA) is 88.2 Å². The number of carboxylic acid groups (broad SMARTS) is 1. The van der Waals surface area contributed by atoms with Crippen LogP contribution in [0.5, 0.6) is 0 Å². The van der Waals surface area contributed by atoms with E-state index >= 15 is 0 Å². The number of para-hydroxylation sites is 1. The molecule has 0 bridgehead atoms. The van der Waals surface area contributed by atoms with Crippen LogP contribution in [0, 0.1) is 0 Å². The maximum atomic E-state index is 10.7. The van der Waals surface area contributed by atoms with Crippen LogP contribution in [0.4, 0.5) is 0 Å². The predicted octanol–water partition coefficient (Wildman–Crippen LogP) is 0.385. The molecule has 0 saturated carbocycles. The molecule has 0 aliphatic carbocycles. The zero-order chi connectivity index (χ0) is 11.5. The van der Waals surface area contributed by atoms with Gasteiger partial charge in [-0.2, -0.15) is 5.10 Å². The molecule has 1 aromatic heterocycles. The van der Waals surface area contributed by atoms with E-state index in [2.05, 4.69) is 10.1 Å². The van der Waals surface area contributed by atoms with Crippen LogP contribution < -0.4 is 0 Å². The molecule has 6 heteroatoms. The highest BCUT2D eigenvalue weighted by Gasteiger charge is 2.19. The van der Waals surface area contributed by atoms with Crippen molar-refractivity contribution in [3.63, 3.8) is 0 Å². The Labute approximate surface area is 90.8 Å². The highest BCUT2D eigenvalue weighted by atomic mass is 16.4. The molecule has 0 saturated heterocycles. The molecule has 0 aliphatic heterocycles. The normalized spacial score (nSPS) is 12.3. The first-order valence-electron chi connectivity index (χ1n) is 4.55. The third kappa shape index (κ3) is 1.78. The summed E-state index contributed by atoms with van der Waals surface area (Å²) in [6, 6.07) is 6.59. The van der Waals surface area contributed by atoms with Crippen molar-refractivity contribution in [1.29, 1.82) is 0 Å². The van der Waals surface area contributed by atoms with Gasteiger partial charge in [-0.15, -0.1) is 0 Å². The van der Waals surface area contributed by atoms with E-state index in [1.165, 1.54) is 23.4 Å². The van der Waals surface area contributed by atoms with Crippen LogP contribution in [0.15, 0.2) is 36.9 Å². The fourth-order valence-electron chi connectivity index (χ4n) is 1.39. The zero-order valence-electron chi connectivity index (χ0n) is 8.19. The molecule has 6 nitrogen and oxygen atoms in total. The van der Waals surface area contributed by atoms with Crippen molar-refractivity contribution in [3.8, 4) is 5.69 Å². The van der Waals surface area contributed by atoms with E-state index in [-0.39, 0.29) is 5.56 Å². The Bertz CT molecular complexity index is 496. The van der Waals surface area contributed by atoms with E-state index < -0.39 is 12.1 Å². The number of nitrogens with zero attached hydrogens (tertiary/aromatic N) is 3. The summed E-state index contributed by atoms with van der Waals surface area (Å²) in [6.45, 7) is 0. The number of carbonyl (C=O) groups is 1. The molecule has 82 valence electrons.